The Bertz CT molecular complexity index is 724. The Labute approximate surface area is 147 Å². The van der Waals surface area contributed by atoms with Gasteiger partial charge in [0.1, 0.15) is 5.75 Å². The molecular weight excluding hydrogens is 320 g/mol. The molecule has 1 saturated heterocycles. The molecule has 25 heavy (non-hydrogen) atoms. The number of hydrogen-bond acceptors (Lipinski definition) is 4. The zero-order chi connectivity index (χ0) is 17.7. The van der Waals surface area contributed by atoms with E-state index in [1.165, 1.54) is 0 Å². The van der Waals surface area contributed by atoms with E-state index in [2.05, 4.69) is 10.6 Å². The van der Waals surface area contributed by atoms with Gasteiger partial charge in [-0.1, -0.05) is 6.07 Å². The molecule has 1 aromatic rings. The smallest absolute Gasteiger partial charge is 0.322 e. The van der Waals surface area contributed by atoms with Gasteiger partial charge in [0.15, 0.2) is 5.54 Å². The van der Waals surface area contributed by atoms with E-state index in [9.17, 15) is 9.59 Å². The number of urea groups is 1. The van der Waals surface area contributed by atoms with Crippen LogP contribution in [0.1, 0.15) is 43.7 Å². The van der Waals surface area contributed by atoms with Crippen molar-refractivity contribution >= 4 is 11.9 Å². The second kappa shape index (κ2) is 5.73. The van der Waals surface area contributed by atoms with Crippen molar-refractivity contribution in [2.45, 2.75) is 50.7 Å². The van der Waals surface area contributed by atoms with Crippen molar-refractivity contribution in [1.29, 1.82) is 0 Å². The highest BCUT2D eigenvalue weighted by molar-refractivity contribution is 6.08. The minimum Gasteiger partial charge on any atom is -0.494 e. The number of imide groups is 1. The molecule has 4 rings (SSSR count). The van der Waals surface area contributed by atoms with Crippen LogP contribution in [0.15, 0.2) is 18.2 Å². The fraction of sp³-hybridized carbons (Fsp3) is 0.579. The number of ether oxygens (including phenoxy) is 2. The van der Waals surface area contributed by atoms with Gasteiger partial charge in [-0.15, -0.1) is 0 Å². The highest BCUT2D eigenvalue weighted by Gasteiger charge is 2.66. The third-order valence-corrected chi connectivity index (χ3v) is 6.21. The topological polar surface area (TPSA) is 76.7 Å². The molecule has 6 nitrogen and oxygen atoms in total. The molecule has 134 valence electrons. The summed E-state index contributed by atoms with van der Waals surface area (Å²) in [4.78, 5) is 25.1. The van der Waals surface area contributed by atoms with Gasteiger partial charge in [-0.05, 0) is 62.3 Å². The number of rotatable bonds is 3. The predicted octanol–water partition coefficient (Wildman–Crippen LogP) is 2.25. The highest BCUT2D eigenvalue weighted by Crippen LogP contribution is 2.59. The summed E-state index contributed by atoms with van der Waals surface area (Å²) in [7, 11) is 1.74. The van der Waals surface area contributed by atoms with Gasteiger partial charge in [0.25, 0.3) is 5.91 Å². The maximum Gasteiger partial charge on any atom is 0.322 e. The fourth-order valence-corrected chi connectivity index (χ4v) is 5.05. The van der Waals surface area contributed by atoms with Crippen molar-refractivity contribution in [3.63, 3.8) is 0 Å². The normalized spacial score (nSPS) is 33.4. The molecule has 2 aliphatic carbocycles. The van der Waals surface area contributed by atoms with Crippen molar-refractivity contribution in [3.8, 4) is 5.75 Å². The largest absolute Gasteiger partial charge is 0.494 e. The molecule has 2 fully saturated rings. The number of methoxy groups -OCH3 is 1. The zero-order valence-electron chi connectivity index (χ0n) is 14.7. The number of nitrogens with one attached hydrogen (secondary N) is 2. The first-order valence-electron chi connectivity index (χ1n) is 8.97. The van der Waals surface area contributed by atoms with Crippen LogP contribution in [0.2, 0.25) is 0 Å². The fourth-order valence-electron chi connectivity index (χ4n) is 5.05. The van der Waals surface area contributed by atoms with Crippen LogP contribution in [-0.2, 0) is 21.5 Å². The number of carbonyl (C=O) groups excluding carboxylic acids is 2. The Morgan fingerprint density at radius 3 is 2.60 bits per heavy atom. The maximum absolute atomic E-state index is 13.0. The van der Waals surface area contributed by atoms with Crippen molar-refractivity contribution in [2.24, 2.45) is 5.41 Å². The van der Waals surface area contributed by atoms with E-state index in [-0.39, 0.29) is 17.4 Å². The molecule has 1 saturated carbocycles. The van der Waals surface area contributed by atoms with Crippen LogP contribution in [0.4, 0.5) is 4.79 Å². The number of hydrogen-bond donors (Lipinski definition) is 2. The van der Waals surface area contributed by atoms with Crippen LogP contribution >= 0.6 is 0 Å². The summed E-state index contributed by atoms with van der Waals surface area (Å²) in [5.74, 6) is 0.498. The van der Waals surface area contributed by atoms with Gasteiger partial charge in [0, 0.05) is 12.5 Å². The van der Waals surface area contributed by atoms with Crippen LogP contribution in [0.5, 0.6) is 5.75 Å². The molecular formula is C19H24N2O4. The third kappa shape index (κ3) is 2.20. The molecule has 1 heterocycles. The minimum atomic E-state index is -0.995. The first-order valence-corrected chi connectivity index (χ1v) is 8.97. The van der Waals surface area contributed by atoms with E-state index < -0.39 is 11.6 Å². The summed E-state index contributed by atoms with van der Waals surface area (Å²) >= 11 is 0. The highest BCUT2D eigenvalue weighted by atomic mass is 16.5. The van der Waals surface area contributed by atoms with Crippen LogP contribution < -0.4 is 15.4 Å². The van der Waals surface area contributed by atoms with E-state index in [4.69, 9.17) is 9.47 Å². The number of benzene rings is 1. The summed E-state index contributed by atoms with van der Waals surface area (Å²) in [5.41, 5.74) is 0.714. The molecule has 3 amide bonds. The third-order valence-electron chi connectivity index (χ3n) is 6.21. The average Bonchev–Trinajstić information content (AvgIpc) is 3.05. The van der Waals surface area contributed by atoms with Crippen molar-refractivity contribution in [1.82, 2.24) is 10.6 Å². The molecule has 6 heteroatoms. The van der Waals surface area contributed by atoms with Gasteiger partial charge in [-0.25, -0.2) is 4.79 Å². The first-order chi connectivity index (χ1) is 12.0. The summed E-state index contributed by atoms with van der Waals surface area (Å²) < 4.78 is 11.2. The number of fused-ring (bicyclic) bond motifs is 3. The van der Waals surface area contributed by atoms with Gasteiger partial charge >= 0.3 is 6.03 Å². The Morgan fingerprint density at radius 2 is 2.00 bits per heavy atom. The summed E-state index contributed by atoms with van der Waals surface area (Å²) in [5, 5.41) is 5.48. The molecule has 0 radical (unpaired) electrons. The van der Waals surface area contributed by atoms with Gasteiger partial charge in [0.05, 0.1) is 12.7 Å². The Kier molecular flexibility index (Phi) is 3.76. The second-order valence-corrected chi connectivity index (χ2v) is 7.30. The minimum absolute atomic E-state index is 0.227. The molecule has 2 N–H and O–H groups in total. The maximum atomic E-state index is 13.0. The molecule has 0 aromatic heterocycles. The van der Waals surface area contributed by atoms with Gasteiger partial charge in [-0.3, -0.25) is 10.1 Å². The van der Waals surface area contributed by atoms with Crippen LogP contribution in [0.25, 0.3) is 0 Å². The van der Waals surface area contributed by atoms with Crippen LogP contribution in [0.3, 0.4) is 0 Å². The lowest BCUT2D eigenvalue weighted by atomic mass is 9.61. The van der Waals surface area contributed by atoms with E-state index in [0.717, 1.165) is 49.0 Å². The standard InChI is InChI=1S/C19H24N2O4/c1-3-25-14-5-4-12-11-18(8-6-13(24-2)7-9-18)19(15(12)10-14)16(22)20-17(23)21-19/h4-5,10,13H,3,6-9,11H2,1-2H3,(H2,20,21,22,23). The molecule has 0 bridgehead atoms. The van der Waals surface area contributed by atoms with Gasteiger partial charge in [0.2, 0.25) is 0 Å². The molecule has 1 unspecified atom stereocenters. The first kappa shape index (κ1) is 16.4. The lowest BCUT2D eigenvalue weighted by Gasteiger charge is -2.46. The number of amides is 3. The van der Waals surface area contributed by atoms with Crippen LogP contribution in [-0.4, -0.2) is 31.8 Å². The predicted molar refractivity (Wildman–Crippen MR) is 91.4 cm³/mol. The quantitative estimate of drug-likeness (QED) is 0.825. The van der Waals surface area contributed by atoms with Crippen molar-refractivity contribution in [3.05, 3.63) is 29.3 Å². The Balaban J connectivity index is 1.82. The summed E-state index contributed by atoms with van der Waals surface area (Å²) in [6.07, 6.45) is 4.50. The monoisotopic (exact) mass is 344 g/mol. The van der Waals surface area contributed by atoms with Crippen LogP contribution in [0, 0.1) is 5.41 Å². The Hall–Kier alpha value is -2.08. The molecule has 3 aliphatic rings. The summed E-state index contributed by atoms with van der Waals surface area (Å²) in [6.45, 7) is 2.49. The van der Waals surface area contributed by atoms with E-state index in [1.807, 2.05) is 25.1 Å². The van der Waals surface area contributed by atoms with Gasteiger partial charge < -0.3 is 14.8 Å². The van der Waals surface area contributed by atoms with E-state index >= 15 is 0 Å². The Morgan fingerprint density at radius 1 is 1.24 bits per heavy atom. The molecule has 2 spiro atoms. The lowest BCUT2D eigenvalue weighted by molar-refractivity contribution is -0.131. The lowest BCUT2D eigenvalue weighted by Crippen LogP contribution is -2.56. The van der Waals surface area contributed by atoms with E-state index in [0.29, 0.717) is 6.61 Å². The van der Waals surface area contributed by atoms with Crippen molar-refractivity contribution < 1.29 is 19.1 Å². The summed E-state index contributed by atoms with van der Waals surface area (Å²) in [6, 6.07) is 5.51. The van der Waals surface area contributed by atoms with Gasteiger partial charge in [-0.2, -0.15) is 0 Å². The van der Waals surface area contributed by atoms with E-state index in [1.54, 1.807) is 7.11 Å². The average molecular weight is 344 g/mol. The SMILES string of the molecule is CCOc1ccc2c(c1)C1(NC(=O)NC1=O)C1(CCC(OC)CC1)C2. The molecule has 1 aliphatic heterocycles. The van der Waals surface area contributed by atoms with Crippen molar-refractivity contribution in [2.75, 3.05) is 13.7 Å². The molecule has 1 atom stereocenters. The second-order valence-electron chi connectivity index (χ2n) is 7.30. The molecule has 1 aromatic carbocycles. The number of carbonyl (C=O) groups is 2. The zero-order valence-corrected chi connectivity index (χ0v) is 14.7.